The Balaban J connectivity index is 0.000000366. The SMILES string of the molecule is CCC(C)CC.O=CC(O)Cc1cccnc1. The first-order chi connectivity index (χ1) is 8.13. The Morgan fingerprint density at radius 2 is 2.06 bits per heavy atom. The van der Waals surface area contributed by atoms with Gasteiger partial charge in [-0.2, -0.15) is 0 Å². The van der Waals surface area contributed by atoms with E-state index in [9.17, 15) is 4.79 Å². The van der Waals surface area contributed by atoms with Crippen molar-refractivity contribution >= 4 is 6.29 Å². The van der Waals surface area contributed by atoms with Gasteiger partial charge in [-0.25, -0.2) is 0 Å². The van der Waals surface area contributed by atoms with Gasteiger partial charge in [0.25, 0.3) is 0 Å². The molecule has 1 aromatic heterocycles. The Morgan fingerprint density at radius 3 is 2.41 bits per heavy atom. The Kier molecular flexibility index (Phi) is 9.25. The first-order valence-electron chi connectivity index (χ1n) is 6.16. The van der Waals surface area contributed by atoms with Gasteiger partial charge in [-0.05, 0) is 17.5 Å². The molecule has 0 saturated carbocycles. The summed E-state index contributed by atoms with van der Waals surface area (Å²) in [6.45, 7) is 6.74. The second-order valence-corrected chi connectivity index (χ2v) is 4.19. The number of aliphatic hydroxyl groups excluding tert-OH is 1. The molecule has 0 amide bonds. The van der Waals surface area contributed by atoms with Crippen molar-refractivity contribution < 1.29 is 9.90 Å². The highest BCUT2D eigenvalue weighted by molar-refractivity contribution is 5.56. The minimum Gasteiger partial charge on any atom is -0.385 e. The van der Waals surface area contributed by atoms with Gasteiger partial charge in [0.05, 0.1) is 0 Å². The minimum atomic E-state index is -0.904. The highest BCUT2D eigenvalue weighted by Gasteiger charge is 2.01. The van der Waals surface area contributed by atoms with Crippen LogP contribution in [-0.2, 0) is 11.2 Å². The van der Waals surface area contributed by atoms with Crippen LogP contribution in [0.25, 0.3) is 0 Å². The van der Waals surface area contributed by atoms with Crippen LogP contribution in [0.4, 0.5) is 0 Å². The maximum atomic E-state index is 10.0. The number of rotatable bonds is 5. The normalized spacial score (nSPS) is 11.6. The lowest BCUT2D eigenvalue weighted by atomic mass is 10.1. The summed E-state index contributed by atoms with van der Waals surface area (Å²) in [5.74, 6) is 0.935. The molecule has 1 heterocycles. The highest BCUT2D eigenvalue weighted by Crippen LogP contribution is 2.02. The van der Waals surface area contributed by atoms with Crippen molar-refractivity contribution in [2.45, 2.75) is 46.1 Å². The average molecular weight is 237 g/mol. The molecule has 0 bridgehead atoms. The number of aldehydes is 1. The highest BCUT2D eigenvalue weighted by atomic mass is 16.3. The van der Waals surface area contributed by atoms with Gasteiger partial charge in [0.2, 0.25) is 0 Å². The van der Waals surface area contributed by atoms with Gasteiger partial charge in [0, 0.05) is 18.8 Å². The summed E-state index contributed by atoms with van der Waals surface area (Å²) in [7, 11) is 0. The molecule has 1 atom stereocenters. The summed E-state index contributed by atoms with van der Waals surface area (Å²) in [5, 5.41) is 8.92. The van der Waals surface area contributed by atoms with E-state index in [1.807, 2.05) is 6.07 Å². The molecule has 0 fully saturated rings. The second-order valence-electron chi connectivity index (χ2n) is 4.19. The Labute approximate surface area is 104 Å². The number of hydrogen-bond donors (Lipinski definition) is 1. The van der Waals surface area contributed by atoms with Crippen LogP contribution in [-0.4, -0.2) is 22.5 Å². The smallest absolute Gasteiger partial charge is 0.148 e. The molecule has 3 nitrogen and oxygen atoms in total. The van der Waals surface area contributed by atoms with Crippen molar-refractivity contribution in [1.29, 1.82) is 0 Å². The molecular formula is C14H23NO2. The zero-order valence-corrected chi connectivity index (χ0v) is 11.0. The third-order valence-corrected chi connectivity index (χ3v) is 2.72. The molecule has 0 radical (unpaired) electrons. The maximum Gasteiger partial charge on any atom is 0.148 e. The van der Waals surface area contributed by atoms with Gasteiger partial charge < -0.3 is 9.90 Å². The van der Waals surface area contributed by atoms with Gasteiger partial charge in [-0.1, -0.05) is 39.7 Å². The van der Waals surface area contributed by atoms with E-state index in [0.717, 1.165) is 11.5 Å². The molecule has 1 aromatic rings. The van der Waals surface area contributed by atoms with E-state index < -0.39 is 6.10 Å². The average Bonchev–Trinajstić information content (AvgIpc) is 2.39. The fourth-order valence-electron chi connectivity index (χ4n) is 1.10. The molecule has 0 aliphatic heterocycles. The monoisotopic (exact) mass is 237 g/mol. The maximum absolute atomic E-state index is 10.0. The van der Waals surface area contributed by atoms with Gasteiger partial charge in [0.15, 0.2) is 0 Å². The lowest BCUT2D eigenvalue weighted by Gasteiger charge is -2.00. The molecule has 0 aliphatic rings. The summed E-state index contributed by atoms with van der Waals surface area (Å²) in [6, 6.07) is 3.59. The topological polar surface area (TPSA) is 50.2 Å². The Morgan fingerprint density at radius 1 is 1.41 bits per heavy atom. The summed E-state index contributed by atoms with van der Waals surface area (Å²) in [4.78, 5) is 13.9. The molecule has 1 rings (SSSR count). The Hall–Kier alpha value is -1.22. The number of pyridine rings is 1. The standard InChI is InChI=1S/C8H9NO2.C6H14/c10-6-8(11)4-7-2-1-3-9-5-7;1-4-6(3)5-2/h1-3,5-6,8,11H,4H2;6H,4-5H2,1-3H3. The fourth-order valence-corrected chi connectivity index (χ4v) is 1.10. The van der Waals surface area contributed by atoms with Crippen LogP contribution >= 0.6 is 0 Å². The summed E-state index contributed by atoms with van der Waals surface area (Å²) >= 11 is 0. The van der Waals surface area contributed by atoms with Gasteiger partial charge >= 0.3 is 0 Å². The Bertz CT molecular complexity index is 284. The van der Waals surface area contributed by atoms with E-state index in [4.69, 9.17) is 5.11 Å². The van der Waals surface area contributed by atoms with Crippen LogP contribution in [0.2, 0.25) is 0 Å². The number of carbonyl (C=O) groups is 1. The molecule has 0 saturated heterocycles. The fraction of sp³-hybridized carbons (Fsp3) is 0.571. The summed E-state index contributed by atoms with van der Waals surface area (Å²) in [6.07, 6.45) is 5.90. The molecule has 1 N–H and O–H groups in total. The third kappa shape index (κ3) is 8.57. The molecule has 1 unspecified atom stereocenters. The molecule has 0 aromatic carbocycles. The third-order valence-electron chi connectivity index (χ3n) is 2.72. The minimum absolute atomic E-state index is 0.345. The lowest BCUT2D eigenvalue weighted by molar-refractivity contribution is -0.114. The van der Waals surface area contributed by atoms with Crippen molar-refractivity contribution in [2.75, 3.05) is 0 Å². The van der Waals surface area contributed by atoms with Gasteiger partial charge in [0.1, 0.15) is 12.4 Å². The van der Waals surface area contributed by atoms with Gasteiger partial charge in [-0.3, -0.25) is 4.98 Å². The van der Waals surface area contributed by atoms with Crippen molar-refractivity contribution in [1.82, 2.24) is 4.98 Å². The number of aromatic nitrogens is 1. The van der Waals surface area contributed by atoms with Crippen LogP contribution in [0.15, 0.2) is 24.5 Å². The number of nitrogens with zero attached hydrogens (tertiary/aromatic N) is 1. The quantitative estimate of drug-likeness (QED) is 0.801. The number of aliphatic hydroxyl groups is 1. The van der Waals surface area contributed by atoms with Crippen LogP contribution in [0.5, 0.6) is 0 Å². The van der Waals surface area contributed by atoms with Crippen molar-refractivity contribution in [2.24, 2.45) is 5.92 Å². The first-order valence-corrected chi connectivity index (χ1v) is 6.16. The largest absolute Gasteiger partial charge is 0.385 e. The predicted octanol–water partition coefficient (Wildman–Crippen LogP) is 2.63. The van der Waals surface area contributed by atoms with Gasteiger partial charge in [-0.15, -0.1) is 0 Å². The molecule has 3 heteroatoms. The van der Waals surface area contributed by atoms with Crippen LogP contribution < -0.4 is 0 Å². The molecule has 0 spiro atoms. The molecule has 17 heavy (non-hydrogen) atoms. The predicted molar refractivity (Wildman–Crippen MR) is 69.8 cm³/mol. The zero-order chi connectivity index (χ0) is 13.1. The van der Waals surface area contributed by atoms with Crippen molar-refractivity contribution in [3.8, 4) is 0 Å². The van der Waals surface area contributed by atoms with E-state index in [1.54, 1.807) is 18.5 Å². The van der Waals surface area contributed by atoms with Crippen molar-refractivity contribution in [3.05, 3.63) is 30.1 Å². The van der Waals surface area contributed by atoms with E-state index in [1.165, 1.54) is 12.8 Å². The van der Waals surface area contributed by atoms with Crippen molar-refractivity contribution in [3.63, 3.8) is 0 Å². The number of hydrogen-bond acceptors (Lipinski definition) is 3. The summed E-state index contributed by atoms with van der Waals surface area (Å²) < 4.78 is 0. The molecule has 96 valence electrons. The molecule has 0 aliphatic carbocycles. The van der Waals surface area contributed by atoms with E-state index >= 15 is 0 Å². The summed E-state index contributed by atoms with van der Waals surface area (Å²) in [5.41, 5.74) is 0.868. The van der Waals surface area contributed by atoms with E-state index in [2.05, 4.69) is 25.8 Å². The second kappa shape index (κ2) is 9.97. The lowest BCUT2D eigenvalue weighted by Crippen LogP contribution is -2.11. The van der Waals surface area contributed by atoms with Crippen LogP contribution in [0.1, 0.15) is 39.2 Å². The first kappa shape index (κ1) is 15.8. The molecular weight excluding hydrogens is 214 g/mol. The van der Waals surface area contributed by atoms with Crippen LogP contribution in [0.3, 0.4) is 0 Å². The van der Waals surface area contributed by atoms with E-state index in [-0.39, 0.29) is 0 Å². The van der Waals surface area contributed by atoms with E-state index in [0.29, 0.717) is 12.7 Å². The van der Waals surface area contributed by atoms with Crippen LogP contribution in [0, 0.1) is 5.92 Å². The zero-order valence-electron chi connectivity index (χ0n) is 11.0. The number of carbonyl (C=O) groups excluding carboxylic acids is 1.